The molecule has 0 fully saturated rings. The van der Waals surface area contributed by atoms with Gasteiger partial charge < -0.3 is 10.5 Å². The normalized spacial score (nSPS) is 10.4. The second kappa shape index (κ2) is 5.84. The zero-order valence-corrected chi connectivity index (χ0v) is 11.8. The number of anilines is 1. The summed E-state index contributed by atoms with van der Waals surface area (Å²) in [5.41, 5.74) is 6.93. The van der Waals surface area contributed by atoms with Crippen LogP contribution in [-0.4, -0.2) is 17.4 Å². The zero-order chi connectivity index (χ0) is 13.8. The SMILES string of the molecule is CCOc1ccc(C(=O)Cc2ncc(C)s2)cc1N. The maximum atomic E-state index is 12.1. The number of hydrogen-bond acceptors (Lipinski definition) is 5. The molecule has 0 saturated carbocycles. The number of aryl methyl sites for hydroxylation is 1. The molecule has 0 aliphatic heterocycles. The van der Waals surface area contributed by atoms with Crippen LogP contribution < -0.4 is 10.5 Å². The van der Waals surface area contributed by atoms with Gasteiger partial charge >= 0.3 is 0 Å². The molecule has 0 spiro atoms. The lowest BCUT2D eigenvalue weighted by Crippen LogP contribution is -2.05. The van der Waals surface area contributed by atoms with Crippen molar-refractivity contribution in [3.63, 3.8) is 0 Å². The number of nitrogen functional groups attached to an aromatic ring is 1. The minimum atomic E-state index is 0.0177. The van der Waals surface area contributed by atoms with E-state index in [-0.39, 0.29) is 5.78 Å². The van der Waals surface area contributed by atoms with Crippen LogP contribution >= 0.6 is 11.3 Å². The summed E-state index contributed by atoms with van der Waals surface area (Å²) >= 11 is 1.54. The molecule has 1 heterocycles. The van der Waals surface area contributed by atoms with Crippen LogP contribution in [0.2, 0.25) is 0 Å². The number of carbonyl (C=O) groups excluding carboxylic acids is 1. The topological polar surface area (TPSA) is 65.2 Å². The molecular formula is C14H16N2O2S. The van der Waals surface area contributed by atoms with E-state index >= 15 is 0 Å². The summed E-state index contributed by atoms with van der Waals surface area (Å²) in [4.78, 5) is 17.4. The third-order valence-corrected chi connectivity index (χ3v) is 3.53. The van der Waals surface area contributed by atoms with Crippen molar-refractivity contribution in [3.05, 3.63) is 39.8 Å². The molecular weight excluding hydrogens is 260 g/mol. The number of aromatic nitrogens is 1. The van der Waals surface area contributed by atoms with E-state index in [1.807, 2.05) is 13.8 Å². The molecule has 19 heavy (non-hydrogen) atoms. The number of ether oxygens (including phenoxy) is 1. The number of thiazole rings is 1. The van der Waals surface area contributed by atoms with Gasteiger partial charge in [-0.15, -0.1) is 11.3 Å². The summed E-state index contributed by atoms with van der Waals surface area (Å²) in [6.45, 7) is 4.42. The maximum absolute atomic E-state index is 12.1. The number of benzene rings is 1. The highest BCUT2D eigenvalue weighted by Crippen LogP contribution is 2.23. The predicted molar refractivity (Wildman–Crippen MR) is 76.9 cm³/mol. The molecule has 0 radical (unpaired) electrons. The first-order valence-corrected chi connectivity index (χ1v) is 6.88. The van der Waals surface area contributed by atoms with Gasteiger partial charge in [-0.3, -0.25) is 4.79 Å². The lowest BCUT2D eigenvalue weighted by molar-refractivity contribution is 0.0993. The van der Waals surface area contributed by atoms with Crippen molar-refractivity contribution in [2.75, 3.05) is 12.3 Å². The molecule has 0 unspecified atom stereocenters. The Morgan fingerprint density at radius 3 is 2.84 bits per heavy atom. The van der Waals surface area contributed by atoms with Crippen molar-refractivity contribution in [2.45, 2.75) is 20.3 Å². The second-order valence-corrected chi connectivity index (χ2v) is 5.47. The van der Waals surface area contributed by atoms with Crippen LogP contribution in [0.25, 0.3) is 0 Å². The van der Waals surface area contributed by atoms with Crippen molar-refractivity contribution in [3.8, 4) is 5.75 Å². The standard InChI is InChI=1S/C14H16N2O2S/c1-3-18-13-5-4-10(6-11(13)15)12(17)7-14-16-8-9(2)19-14/h4-6,8H,3,7,15H2,1-2H3. The van der Waals surface area contributed by atoms with E-state index < -0.39 is 0 Å². The lowest BCUT2D eigenvalue weighted by Gasteiger charge is -2.07. The summed E-state index contributed by atoms with van der Waals surface area (Å²) in [6, 6.07) is 5.14. The van der Waals surface area contributed by atoms with E-state index in [1.54, 1.807) is 24.4 Å². The summed E-state index contributed by atoms with van der Waals surface area (Å²) < 4.78 is 5.35. The third-order valence-electron chi connectivity index (χ3n) is 2.61. The Labute approximate surface area is 116 Å². The Kier molecular flexibility index (Phi) is 4.16. The Bertz CT molecular complexity index is 593. The second-order valence-electron chi connectivity index (χ2n) is 4.15. The van der Waals surface area contributed by atoms with E-state index in [4.69, 9.17) is 10.5 Å². The zero-order valence-electron chi connectivity index (χ0n) is 11.0. The van der Waals surface area contributed by atoms with Gasteiger partial charge in [-0.05, 0) is 32.0 Å². The quantitative estimate of drug-likeness (QED) is 0.673. The first kappa shape index (κ1) is 13.5. The van der Waals surface area contributed by atoms with Crippen LogP contribution in [0.5, 0.6) is 5.75 Å². The van der Waals surface area contributed by atoms with Crippen molar-refractivity contribution in [1.82, 2.24) is 4.98 Å². The highest BCUT2D eigenvalue weighted by atomic mass is 32.1. The van der Waals surface area contributed by atoms with Crippen molar-refractivity contribution >= 4 is 22.8 Å². The Morgan fingerprint density at radius 1 is 1.47 bits per heavy atom. The monoisotopic (exact) mass is 276 g/mol. The van der Waals surface area contributed by atoms with E-state index in [0.717, 1.165) is 9.88 Å². The first-order valence-electron chi connectivity index (χ1n) is 6.07. The Balaban J connectivity index is 2.13. The molecule has 1 aromatic carbocycles. The number of carbonyl (C=O) groups is 1. The van der Waals surface area contributed by atoms with Crippen molar-refractivity contribution < 1.29 is 9.53 Å². The number of nitrogens with zero attached hydrogens (tertiary/aromatic N) is 1. The number of Topliss-reactive ketones (excluding diaryl/α,β-unsaturated/α-hetero) is 1. The third kappa shape index (κ3) is 3.32. The molecule has 1 aromatic heterocycles. The molecule has 0 aliphatic rings. The van der Waals surface area contributed by atoms with Gasteiger partial charge in [0.25, 0.3) is 0 Å². The van der Waals surface area contributed by atoms with Crippen LogP contribution in [0.3, 0.4) is 0 Å². The predicted octanol–water partition coefficient (Wildman–Crippen LogP) is 2.86. The van der Waals surface area contributed by atoms with Gasteiger partial charge in [0, 0.05) is 16.6 Å². The van der Waals surface area contributed by atoms with Gasteiger partial charge in [0.1, 0.15) is 10.8 Å². The van der Waals surface area contributed by atoms with Gasteiger partial charge in [0.2, 0.25) is 0 Å². The number of nitrogens with two attached hydrogens (primary N) is 1. The highest BCUT2D eigenvalue weighted by molar-refractivity contribution is 7.11. The average molecular weight is 276 g/mol. The molecule has 0 saturated heterocycles. The van der Waals surface area contributed by atoms with Crippen LogP contribution in [0.4, 0.5) is 5.69 Å². The molecule has 2 N–H and O–H groups in total. The molecule has 4 nitrogen and oxygen atoms in total. The summed E-state index contributed by atoms with van der Waals surface area (Å²) in [5.74, 6) is 0.633. The summed E-state index contributed by atoms with van der Waals surface area (Å²) in [5, 5.41) is 0.829. The van der Waals surface area contributed by atoms with Gasteiger partial charge in [-0.2, -0.15) is 0 Å². The molecule has 0 amide bonds. The Morgan fingerprint density at radius 2 is 2.26 bits per heavy atom. The fourth-order valence-electron chi connectivity index (χ4n) is 1.73. The molecule has 0 aliphatic carbocycles. The Hall–Kier alpha value is -1.88. The lowest BCUT2D eigenvalue weighted by atomic mass is 10.1. The smallest absolute Gasteiger partial charge is 0.169 e. The molecule has 2 aromatic rings. The maximum Gasteiger partial charge on any atom is 0.169 e. The highest BCUT2D eigenvalue weighted by Gasteiger charge is 2.11. The van der Waals surface area contributed by atoms with E-state index in [9.17, 15) is 4.79 Å². The van der Waals surface area contributed by atoms with Crippen molar-refractivity contribution in [1.29, 1.82) is 0 Å². The van der Waals surface area contributed by atoms with Gasteiger partial charge in [-0.25, -0.2) is 4.98 Å². The van der Waals surface area contributed by atoms with E-state index in [2.05, 4.69) is 4.98 Å². The summed E-state index contributed by atoms with van der Waals surface area (Å²) in [6.07, 6.45) is 2.09. The minimum absolute atomic E-state index is 0.0177. The van der Waals surface area contributed by atoms with Crippen molar-refractivity contribution in [2.24, 2.45) is 0 Å². The molecule has 0 atom stereocenters. The van der Waals surface area contributed by atoms with Gasteiger partial charge in [-0.1, -0.05) is 0 Å². The largest absolute Gasteiger partial charge is 0.492 e. The van der Waals surface area contributed by atoms with E-state index in [0.29, 0.717) is 30.0 Å². The number of ketones is 1. The van der Waals surface area contributed by atoms with Crippen LogP contribution in [0, 0.1) is 6.92 Å². The minimum Gasteiger partial charge on any atom is -0.492 e. The van der Waals surface area contributed by atoms with Gasteiger partial charge in [0.05, 0.1) is 18.7 Å². The molecule has 2 rings (SSSR count). The number of rotatable bonds is 5. The summed E-state index contributed by atoms with van der Waals surface area (Å²) in [7, 11) is 0. The number of hydrogen-bond donors (Lipinski definition) is 1. The van der Waals surface area contributed by atoms with Crippen LogP contribution in [0.1, 0.15) is 27.2 Å². The molecule has 5 heteroatoms. The fraction of sp³-hybridized carbons (Fsp3) is 0.286. The van der Waals surface area contributed by atoms with Crippen LogP contribution in [0.15, 0.2) is 24.4 Å². The average Bonchev–Trinajstić information content (AvgIpc) is 2.77. The van der Waals surface area contributed by atoms with Crippen LogP contribution in [-0.2, 0) is 6.42 Å². The van der Waals surface area contributed by atoms with Gasteiger partial charge in [0.15, 0.2) is 5.78 Å². The fourth-order valence-corrected chi connectivity index (χ4v) is 2.52. The molecule has 0 bridgehead atoms. The molecule has 100 valence electrons. The van der Waals surface area contributed by atoms with E-state index in [1.165, 1.54) is 11.3 Å². The first-order chi connectivity index (χ1) is 9.10.